The number of amides is 3. The summed E-state index contributed by atoms with van der Waals surface area (Å²) < 4.78 is 0. The van der Waals surface area contributed by atoms with E-state index in [4.69, 9.17) is 0 Å². The van der Waals surface area contributed by atoms with E-state index in [2.05, 4.69) is 5.32 Å². The number of nitrogens with zero attached hydrogens (tertiary/aromatic N) is 1. The van der Waals surface area contributed by atoms with Gasteiger partial charge in [-0.3, -0.25) is 9.69 Å². The second kappa shape index (κ2) is 3.77. The lowest BCUT2D eigenvalue weighted by molar-refractivity contribution is -0.131. The van der Waals surface area contributed by atoms with E-state index in [0.29, 0.717) is 6.42 Å². The molecule has 1 rings (SSSR count). The van der Waals surface area contributed by atoms with Crippen molar-refractivity contribution >= 4 is 11.9 Å². The Morgan fingerprint density at radius 1 is 1.62 bits per heavy atom. The van der Waals surface area contributed by atoms with Crippen molar-refractivity contribution in [2.75, 3.05) is 0 Å². The molecule has 2 atom stereocenters. The number of rotatable bonds is 2. The minimum Gasteiger partial charge on any atom is -0.335 e. The van der Waals surface area contributed by atoms with Crippen LogP contribution in [0, 0.1) is 0 Å². The molecule has 2 unspecified atom stereocenters. The highest BCUT2D eigenvalue weighted by atomic mass is 16.2. The summed E-state index contributed by atoms with van der Waals surface area (Å²) in [5.74, 6) is -0.0643. The number of carbonyl (C=O) groups is 2. The van der Waals surface area contributed by atoms with Gasteiger partial charge in [-0.15, -0.1) is 0 Å². The highest BCUT2D eigenvalue weighted by Gasteiger charge is 2.32. The maximum absolute atomic E-state index is 11.5. The van der Waals surface area contributed by atoms with Gasteiger partial charge in [0.2, 0.25) is 5.91 Å². The summed E-state index contributed by atoms with van der Waals surface area (Å²) in [6, 6.07) is -0.279. The molecule has 1 fully saturated rings. The fraction of sp³-hybridized carbons (Fsp3) is 0.778. The topological polar surface area (TPSA) is 49.4 Å². The van der Waals surface area contributed by atoms with Crippen LogP contribution in [0.4, 0.5) is 4.79 Å². The molecule has 4 heteroatoms. The van der Waals surface area contributed by atoms with Crippen molar-refractivity contribution in [1.29, 1.82) is 0 Å². The van der Waals surface area contributed by atoms with Gasteiger partial charge >= 0.3 is 6.03 Å². The molecule has 1 aliphatic heterocycles. The summed E-state index contributed by atoms with van der Waals surface area (Å²) >= 11 is 0. The Morgan fingerprint density at radius 2 is 2.23 bits per heavy atom. The monoisotopic (exact) mass is 184 g/mol. The molecule has 0 radical (unpaired) electrons. The van der Waals surface area contributed by atoms with Gasteiger partial charge in [-0.25, -0.2) is 4.79 Å². The first-order valence-corrected chi connectivity index (χ1v) is 4.68. The summed E-state index contributed by atoms with van der Waals surface area (Å²) in [6.45, 7) is 5.68. The summed E-state index contributed by atoms with van der Waals surface area (Å²) in [5, 5.41) is 2.74. The lowest BCUT2D eigenvalue weighted by Crippen LogP contribution is -2.56. The van der Waals surface area contributed by atoms with Crippen LogP contribution in [-0.2, 0) is 4.79 Å². The zero-order chi connectivity index (χ0) is 10.0. The van der Waals surface area contributed by atoms with E-state index in [-0.39, 0.29) is 24.0 Å². The summed E-state index contributed by atoms with van der Waals surface area (Å²) in [5.41, 5.74) is 0. The molecule has 0 bridgehead atoms. The average Bonchev–Trinajstić information content (AvgIpc) is 2.02. The second-order valence-electron chi connectivity index (χ2n) is 3.58. The maximum Gasteiger partial charge on any atom is 0.324 e. The first-order chi connectivity index (χ1) is 6.06. The zero-order valence-electron chi connectivity index (χ0n) is 8.33. The van der Waals surface area contributed by atoms with E-state index in [1.165, 1.54) is 4.90 Å². The van der Waals surface area contributed by atoms with Crippen molar-refractivity contribution in [3.8, 4) is 0 Å². The van der Waals surface area contributed by atoms with Gasteiger partial charge in [-0.2, -0.15) is 0 Å². The van der Waals surface area contributed by atoms with Crippen molar-refractivity contribution in [3.63, 3.8) is 0 Å². The first kappa shape index (κ1) is 10.0. The highest BCUT2D eigenvalue weighted by Crippen LogP contribution is 2.12. The van der Waals surface area contributed by atoms with Crippen molar-refractivity contribution in [2.24, 2.45) is 0 Å². The Bertz CT molecular complexity index is 210. The molecule has 0 aliphatic carbocycles. The largest absolute Gasteiger partial charge is 0.335 e. The molecule has 1 saturated heterocycles. The molecule has 74 valence electrons. The van der Waals surface area contributed by atoms with Gasteiger partial charge in [-0.05, 0) is 20.3 Å². The lowest BCUT2D eigenvalue weighted by Gasteiger charge is -2.33. The van der Waals surface area contributed by atoms with E-state index in [9.17, 15) is 9.59 Å². The van der Waals surface area contributed by atoms with Gasteiger partial charge < -0.3 is 5.32 Å². The third-order valence-electron chi connectivity index (χ3n) is 2.37. The summed E-state index contributed by atoms with van der Waals surface area (Å²) in [7, 11) is 0. The van der Waals surface area contributed by atoms with Crippen LogP contribution < -0.4 is 5.32 Å². The van der Waals surface area contributed by atoms with Gasteiger partial charge in [0.1, 0.15) is 0 Å². The van der Waals surface area contributed by atoms with E-state index in [0.717, 1.165) is 6.42 Å². The van der Waals surface area contributed by atoms with Crippen LogP contribution in [0.15, 0.2) is 0 Å². The van der Waals surface area contributed by atoms with Crippen molar-refractivity contribution in [1.82, 2.24) is 10.2 Å². The molecule has 1 aliphatic rings. The molecule has 1 N–H and O–H groups in total. The molecule has 0 aromatic carbocycles. The van der Waals surface area contributed by atoms with Crippen molar-refractivity contribution in [2.45, 2.75) is 45.7 Å². The maximum atomic E-state index is 11.5. The van der Waals surface area contributed by atoms with Crippen LogP contribution >= 0.6 is 0 Å². The van der Waals surface area contributed by atoms with Crippen LogP contribution in [0.2, 0.25) is 0 Å². The van der Waals surface area contributed by atoms with Crippen LogP contribution in [0.1, 0.15) is 33.6 Å². The standard InChI is InChI=1S/C9H16N2O2/c1-4-7(3)11-8(12)5-6(2)10-9(11)13/h6-7H,4-5H2,1-3H3,(H,10,13). The van der Waals surface area contributed by atoms with Gasteiger partial charge in [0, 0.05) is 18.5 Å². The van der Waals surface area contributed by atoms with Crippen LogP contribution in [-0.4, -0.2) is 28.9 Å². The fourth-order valence-electron chi connectivity index (χ4n) is 1.43. The Kier molecular flexibility index (Phi) is 2.90. The lowest BCUT2D eigenvalue weighted by atomic mass is 10.1. The molecule has 4 nitrogen and oxygen atoms in total. The predicted octanol–water partition coefficient (Wildman–Crippen LogP) is 1.12. The number of carbonyl (C=O) groups excluding carboxylic acids is 2. The third-order valence-corrected chi connectivity index (χ3v) is 2.37. The van der Waals surface area contributed by atoms with Crippen LogP contribution in [0.25, 0.3) is 0 Å². The molecule has 0 spiro atoms. The molecule has 0 aromatic heterocycles. The second-order valence-corrected chi connectivity index (χ2v) is 3.58. The summed E-state index contributed by atoms with van der Waals surface area (Å²) in [4.78, 5) is 24.2. The fourth-order valence-corrected chi connectivity index (χ4v) is 1.43. The van der Waals surface area contributed by atoms with Gasteiger partial charge in [0.15, 0.2) is 0 Å². The molecule has 3 amide bonds. The van der Waals surface area contributed by atoms with E-state index in [1.807, 2.05) is 20.8 Å². The Hall–Kier alpha value is -1.06. The number of nitrogens with one attached hydrogen (secondary N) is 1. The minimum absolute atomic E-state index is 0.000000000000000222. The number of imide groups is 1. The molecule has 13 heavy (non-hydrogen) atoms. The molecule has 0 saturated carbocycles. The highest BCUT2D eigenvalue weighted by molar-refractivity contribution is 5.97. The summed E-state index contributed by atoms with van der Waals surface area (Å²) in [6.07, 6.45) is 1.21. The van der Waals surface area contributed by atoms with E-state index < -0.39 is 0 Å². The SMILES string of the molecule is CCC(C)N1C(=O)CC(C)NC1=O. The molecule has 1 heterocycles. The quantitative estimate of drug-likeness (QED) is 0.699. The Labute approximate surface area is 78.3 Å². The van der Waals surface area contributed by atoms with Crippen molar-refractivity contribution in [3.05, 3.63) is 0 Å². The molecule has 0 aromatic rings. The number of hydrogen-bond acceptors (Lipinski definition) is 2. The number of urea groups is 1. The molecular formula is C9H16N2O2. The predicted molar refractivity (Wildman–Crippen MR) is 49.2 cm³/mol. The van der Waals surface area contributed by atoms with Gasteiger partial charge in [0.05, 0.1) is 0 Å². The number of hydrogen-bond donors (Lipinski definition) is 1. The first-order valence-electron chi connectivity index (χ1n) is 4.68. The normalized spacial score (nSPS) is 25.8. The Morgan fingerprint density at radius 3 is 2.69 bits per heavy atom. The zero-order valence-corrected chi connectivity index (χ0v) is 8.33. The Balaban J connectivity index is 2.73. The van der Waals surface area contributed by atoms with Gasteiger partial charge in [-0.1, -0.05) is 6.92 Å². The van der Waals surface area contributed by atoms with Crippen molar-refractivity contribution < 1.29 is 9.59 Å². The van der Waals surface area contributed by atoms with Crippen LogP contribution in [0.3, 0.4) is 0 Å². The van der Waals surface area contributed by atoms with E-state index >= 15 is 0 Å². The average molecular weight is 184 g/mol. The molecular weight excluding hydrogens is 168 g/mol. The van der Waals surface area contributed by atoms with Crippen LogP contribution in [0.5, 0.6) is 0 Å². The third kappa shape index (κ3) is 1.99. The smallest absolute Gasteiger partial charge is 0.324 e. The van der Waals surface area contributed by atoms with Gasteiger partial charge in [0.25, 0.3) is 0 Å². The minimum atomic E-state index is -0.252. The van der Waals surface area contributed by atoms with E-state index in [1.54, 1.807) is 0 Å².